The molecule has 0 saturated carbocycles. The van der Waals surface area contributed by atoms with Crippen LogP contribution in [-0.4, -0.2) is 48.1 Å². The van der Waals surface area contributed by atoms with Crippen LogP contribution in [0.1, 0.15) is 39.0 Å². The first-order valence-electron chi connectivity index (χ1n) is 7.20. The first-order chi connectivity index (χ1) is 10.4. The van der Waals surface area contributed by atoms with Crippen molar-refractivity contribution in [2.45, 2.75) is 39.0 Å². The lowest BCUT2D eigenvalue weighted by molar-refractivity contribution is -0.122. The highest BCUT2D eigenvalue weighted by atomic mass is 32.1. The Balaban J connectivity index is 3.91. The molecular formula is C14H24N2O5S. The number of nitrogens with one attached hydrogen (secondary N) is 2. The number of alkyl carbamates (subject to hydrolysis) is 1. The van der Waals surface area contributed by atoms with Crippen molar-refractivity contribution in [3.63, 3.8) is 0 Å². The standard InChI is InChI=1S/C14H24N2O5S/c1-10(17)15-9-7-11(13(19)22)12(18)6-4-3-5-8-16-14(20)21-2/h11H,3-9H2,1-2H3,(H,15,17)(H,16,20)(H,19,22). The molecule has 0 aromatic rings. The summed E-state index contributed by atoms with van der Waals surface area (Å²) >= 11 is 4.70. The first kappa shape index (κ1) is 20.3. The van der Waals surface area contributed by atoms with Crippen LogP contribution in [0.5, 0.6) is 0 Å². The second kappa shape index (κ2) is 11.9. The number of aliphatic hydroxyl groups excluding tert-OH is 1. The molecule has 0 saturated heterocycles. The summed E-state index contributed by atoms with van der Waals surface area (Å²) in [6.07, 6.45) is 2.30. The predicted octanol–water partition coefficient (Wildman–Crippen LogP) is 1.50. The lowest BCUT2D eigenvalue weighted by atomic mass is 9.96. The van der Waals surface area contributed by atoms with Crippen LogP contribution in [0.15, 0.2) is 0 Å². The summed E-state index contributed by atoms with van der Waals surface area (Å²) in [5.41, 5.74) is 0. The number of rotatable bonds is 11. The average Bonchev–Trinajstić information content (AvgIpc) is 2.45. The van der Waals surface area contributed by atoms with E-state index in [0.717, 1.165) is 12.8 Å². The molecule has 3 N–H and O–H groups in total. The Labute approximate surface area is 135 Å². The van der Waals surface area contributed by atoms with E-state index in [1.54, 1.807) is 0 Å². The smallest absolute Gasteiger partial charge is 0.406 e. The fourth-order valence-corrected chi connectivity index (χ4v) is 2.10. The van der Waals surface area contributed by atoms with Crippen molar-refractivity contribution in [3.8, 4) is 0 Å². The Morgan fingerprint density at radius 2 is 1.82 bits per heavy atom. The molecule has 0 bridgehead atoms. The third-order valence-electron chi connectivity index (χ3n) is 3.05. The van der Waals surface area contributed by atoms with Gasteiger partial charge in [0.05, 0.1) is 13.0 Å². The molecular weight excluding hydrogens is 308 g/mol. The highest BCUT2D eigenvalue weighted by molar-refractivity contribution is 7.80. The van der Waals surface area contributed by atoms with Gasteiger partial charge >= 0.3 is 6.09 Å². The molecule has 0 aliphatic rings. The number of ketones is 1. The molecule has 126 valence electrons. The minimum atomic E-state index is -0.713. The fourth-order valence-electron chi connectivity index (χ4n) is 1.85. The number of thiocarbonyl (C=S) groups is 1. The lowest BCUT2D eigenvalue weighted by Gasteiger charge is -2.13. The second-order valence-electron chi connectivity index (χ2n) is 4.86. The fraction of sp³-hybridized carbons (Fsp3) is 0.714. The number of Topliss-reactive ketones (excluding diaryl/α,β-unsaturated/α-hetero) is 1. The minimum absolute atomic E-state index is 0.126. The van der Waals surface area contributed by atoms with E-state index in [4.69, 9.17) is 12.2 Å². The number of carbonyl (C=O) groups excluding carboxylic acids is 3. The van der Waals surface area contributed by atoms with E-state index in [1.165, 1.54) is 14.0 Å². The summed E-state index contributed by atoms with van der Waals surface area (Å²) in [6.45, 7) is 2.18. The SMILES string of the molecule is COC(=O)NCCCCCC(=O)C(CCNC(C)=O)C(O)=S. The van der Waals surface area contributed by atoms with Gasteiger partial charge in [0, 0.05) is 26.4 Å². The molecule has 0 aromatic carbocycles. The van der Waals surface area contributed by atoms with E-state index < -0.39 is 12.0 Å². The van der Waals surface area contributed by atoms with Crippen LogP contribution < -0.4 is 10.6 Å². The Bertz CT molecular complexity index is 401. The second-order valence-corrected chi connectivity index (χ2v) is 5.28. The van der Waals surface area contributed by atoms with Gasteiger partial charge in [0.2, 0.25) is 5.91 Å². The van der Waals surface area contributed by atoms with Crippen LogP contribution >= 0.6 is 12.2 Å². The monoisotopic (exact) mass is 332 g/mol. The molecule has 22 heavy (non-hydrogen) atoms. The number of methoxy groups -OCH3 is 1. The largest absolute Gasteiger partial charge is 0.501 e. The number of hydrogen-bond acceptors (Lipinski definition) is 5. The molecule has 7 nitrogen and oxygen atoms in total. The van der Waals surface area contributed by atoms with E-state index in [0.29, 0.717) is 32.4 Å². The third kappa shape index (κ3) is 10.1. The number of amides is 2. The quantitative estimate of drug-likeness (QED) is 0.391. The van der Waals surface area contributed by atoms with Gasteiger partial charge < -0.3 is 20.5 Å². The average molecular weight is 332 g/mol. The summed E-state index contributed by atoms with van der Waals surface area (Å²) in [6, 6.07) is 0. The number of carbonyl (C=O) groups is 3. The lowest BCUT2D eigenvalue weighted by Crippen LogP contribution is -2.29. The zero-order valence-electron chi connectivity index (χ0n) is 13.0. The first-order valence-corrected chi connectivity index (χ1v) is 7.61. The van der Waals surface area contributed by atoms with E-state index in [2.05, 4.69) is 15.4 Å². The van der Waals surface area contributed by atoms with Gasteiger partial charge in [0.15, 0.2) is 5.05 Å². The Morgan fingerprint density at radius 3 is 2.36 bits per heavy atom. The number of aliphatic hydroxyl groups is 1. The van der Waals surface area contributed by atoms with Crippen LogP contribution in [0.4, 0.5) is 4.79 Å². The summed E-state index contributed by atoms with van der Waals surface area (Å²) in [4.78, 5) is 33.6. The van der Waals surface area contributed by atoms with Crippen LogP contribution in [0, 0.1) is 5.92 Å². The molecule has 0 aromatic heterocycles. The van der Waals surface area contributed by atoms with E-state index in [-0.39, 0.29) is 16.7 Å². The number of ether oxygens (including phenoxy) is 1. The van der Waals surface area contributed by atoms with Crippen LogP contribution in [0.2, 0.25) is 0 Å². The van der Waals surface area contributed by atoms with Gasteiger partial charge in [-0.3, -0.25) is 9.59 Å². The van der Waals surface area contributed by atoms with Crippen LogP contribution in [0.3, 0.4) is 0 Å². The zero-order valence-corrected chi connectivity index (χ0v) is 13.8. The van der Waals surface area contributed by atoms with Crippen molar-refractivity contribution in [1.82, 2.24) is 10.6 Å². The number of unbranched alkanes of at least 4 members (excludes halogenated alkanes) is 2. The third-order valence-corrected chi connectivity index (χ3v) is 3.33. The van der Waals surface area contributed by atoms with Crippen molar-refractivity contribution in [2.75, 3.05) is 20.2 Å². The molecule has 0 aliphatic carbocycles. The maximum Gasteiger partial charge on any atom is 0.406 e. The molecule has 1 atom stereocenters. The molecule has 0 rings (SSSR count). The summed E-state index contributed by atoms with van der Waals surface area (Å²) in [5.74, 6) is -1.03. The van der Waals surface area contributed by atoms with Gasteiger partial charge in [0.1, 0.15) is 5.78 Å². The van der Waals surface area contributed by atoms with Gasteiger partial charge in [-0.1, -0.05) is 6.42 Å². The Kier molecular flexibility index (Phi) is 11.0. The van der Waals surface area contributed by atoms with E-state index in [9.17, 15) is 19.5 Å². The van der Waals surface area contributed by atoms with Gasteiger partial charge in [-0.15, -0.1) is 0 Å². The molecule has 8 heteroatoms. The topological polar surface area (TPSA) is 105 Å². The molecule has 0 fully saturated rings. The number of hydrogen-bond donors (Lipinski definition) is 3. The van der Waals surface area contributed by atoms with Gasteiger partial charge in [-0.05, 0) is 31.5 Å². The van der Waals surface area contributed by atoms with Crippen molar-refractivity contribution in [3.05, 3.63) is 0 Å². The Morgan fingerprint density at radius 1 is 1.14 bits per heavy atom. The Hall–Kier alpha value is -1.70. The van der Waals surface area contributed by atoms with E-state index in [1.807, 2.05) is 0 Å². The molecule has 0 aliphatic heterocycles. The van der Waals surface area contributed by atoms with Crippen molar-refractivity contribution in [1.29, 1.82) is 0 Å². The van der Waals surface area contributed by atoms with Gasteiger partial charge in [0.25, 0.3) is 0 Å². The van der Waals surface area contributed by atoms with Crippen molar-refractivity contribution >= 4 is 35.1 Å². The zero-order chi connectivity index (χ0) is 17.0. The molecule has 0 heterocycles. The summed E-state index contributed by atoms with van der Waals surface area (Å²) < 4.78 is 4.43. The van der Waals surface area contributed by atoms with Crippen molar-refractivity contribution in [2.24, 2.45) is 5.92 Å². The van der Waals surface area contributed by atoms with Gasteiger partial charge in [-0.2, -0.15) is 0 Å². The predicted molar refractivity (Wildman–Crippen MR) is 85.9 cm³/mol. The highest BCUT2D eigenvalue weighted by Crippen LogP contribution is 2.12. The summed E-state index contributed by atoms with van der Waals surface area (Å²) in [7, 11) is 1.30. The normalized spacial score (nSPS) is 11.4. The van der Waals surface area contributed by atoms with E-state index >= 15 is 0 Å². The highest BCUT2D eigenvalue weighted by Gasteiger charge is 2.21. The molecule has 2 amide bonds. The maximum absolute atomic E-state index is 12.0. The summed E-state index contributed by atoms with van der Waals surface area (Å²) in [5, 5.41) is 14.2. The van der Waals surface area contributed by atoms with Crippen LogP contribution in [0.25, 0.3) is 0 Å². The van der Waals surface area contributed by atoms with Crippen LogP contribution in [-0.2, 0) is 14.3 Å². The molecule has 1 unspecified atom stereocenters. The minimum Gasteiger partial charge on any atom is -0.501 e. The molecule has 0 spiro atoms. The van der Waals surface area contributed by atoms with Gasteiger partial charge in [-0.25, -0.2) is 4.79 Å². The molecule has 0 radical (unpaired) electrons. The van der Waals surface area contributed by atoms with Crippen molar-refractivity contribution < 1.29 is 24.2 Å². The maximum atomic E-state index is 12.0.